The number of amides is 1. The lowest BCUT2D eigenvalue weighted by Crippen LogP contribution is -2.53. The standard InChI is InChI=1S/C13H12BN3O5S2/c18-10(5-23-13-17-15-6-24-13)16-9-4-7-2-1-3-8(12(19)20)11(7)22-14(9)21/h1-3,6,9,21H,4-5H2,(H,16,18)(H,19,20). The summed E-state index contributed by atoms with van der Waals surface area (Å²) in [5.41, 5.74) is 2.20. The van der Waals surface area contributed by atoms with Crippen molar-refractivity contribution in [3.63, 3.8) is 0 Å². The first-order chi connectivity index (χ1) is 11.5. The maximum absolute atomic E-state index is 12.0. The summed E-state index contributed by atoms with van der Waals surface area (Å²) in [6.45, 7) is 0. The van der Waals surface area contributed by atoms with Gasteiger partial charge in [0.2, 0.25) is 5.91 Å². The van der Waals surface area contributed by atoms with Crippen LogP contribution in [0.3, 0.4) is 0 Å². The molecule has 3 N–H and O–H groups in total. The van der Waals surface area contributed by atoms with Crippen LogP contribution in [0, 0.1) is 0 Å². The number of carbonyl (C=O) groups excluding carboxylic acids is 1. The van der Waals surface area contributed by atoms with Crippen molar-refractivity contribution in [1.29, 1.82) is 0 Å². The number of carbonyl (C=O) groups is 2. The molecule has 0 bridgehead atoms. The molecule has 0 radical (unpaired) electrons. The lowest BCUT2D eigenvalue weighted by Gasteiger charge is -2.28. The van der Waals surface area contributed by atoms with E-state index >= 15 is 0 Å². The monoisotopic (exact) mass is 365 g/mol. The smallest absolute Gasteiger partial charge is 0.534 e. The summed E-state index contributed by atoms with van der Waals surface area (Å²) >= 11 is 2.59. The number of carboxylic acids is 1. The van der Waals surface area contributed by atoms with Gasteiger partial charge >= 0.3 is 13.1 Å². The molecule has 0 aliphatic carbocycles. The average molecular weight is 365 g/mol. The Balaban J connectivity index is 1.64. The number of hydrogen-bond donors (Lipinski definition) is 3. The lowest BCUT2D eigenvalue weighted by molar-refractivity contribution is -0.118. The summed E-state index contributed by atoms with van der Waals surface area (Å²) in [7, 11) is -1.31. The quantitative estimate of drug-likeness (QED) is 0.516. The van der Waals surface area contributed by atoms with E-state index in [1.54, 1.807) is 17.6 Å². The van der Waals surface area contributed by atoms with Gasteiger partial charge < -0.3 is 20.1 Å². The Morgan fingerprint density at radius 2 is 2.33 bits per heavy atom. The summed E-state index contributed by atoms with van der Waals surface area (Å²) in [4.78, 5) is 23.2. The zero-order valence-electron chi connectivity index (χ0n) is 12.2. The van der Waals surface area contributed by atoms with Gasteiger partial charge in [0.25, 0.3) is 0 Å². The van der Waals surface area contributed by atoms with Crippen LogP contribution in [0.4, 0.5) is 0 Å². The summed E-state index contributed by atoms with van der Waals surface area (Å²) in [5, 5.41) is 29.4. The Morgan fingerprint density at radius 1 is 1.50 bits per heavy atom. The van der Waals surface area contributed by atoms with Crippen LogP contribution >= 0.6 is 23.1 Å². The average Bonchev–Trinajstić information content (AvgIpc) is 3.06. The minimum atomic E-state index is -1.31. The number of benzene rings is 1. The molecule has 3 rings (SSSR count). The van der Waals surface area contributed by atoms with E-state index in [4.69, 9.17) is 9.76 Å². The molecule has 1 aliphatic rings. The zero-order chi connectivity index (χ0) is 17.1. The van der Waals surface area contributed by atoms with Crippen molar-refractivity contribution in [2.75, 3.05) is 5.75 Å². The molecule has 1 aromatic carbocycles. The van der Waals surface area contributed by atoms with Gasteiger partial charge in [-0.25, -0.2) is 4.79 Å². The van der Waals surface area contributed by atoms with Gasteiger partial charge in [0.15, 0.2) is 4.34 Å². The molecule has 1 unspecified atom stereocenters. The van der Waals surface area contributed by atoms with Crippen LogP contribution in [-0.4, -0.2) is 51.0 Å². The van der Waals surface area contributed by atoms with E-state index in [1.165, 1.54) is 29.2 Å². The third kappa shape index (κ3) is 3.69. The second-order valence-corrected chi connectivity index (χ2v) is 7.03. The van der Waals surface area contributed by atoms with Gasteiger partial charge in [-0.3, -0.25) is 4.79 Å². The van der Waals surface area contributed by atoms with Crippen LogP contribution in [0.5, 0.6) is 5.75 Å². The Kier molecular flexibility index (Phi) is 5.02. The molecular formula is C13H12BN3O5S2. The normalized spacial score (nSPS) is 16.2. The van der Waals surface area contributed by atoms with E-state index in [0.717, 1.165) is 0 Å². The fraction of sp³-hybridized carbons (Fsp3) is 0.231. The van der Waals surface area contributed by atoms with Crippen LogP contribution in [0.2, 0.25) is 0 Å². The highest BCUT2D eigenvalue weighted by molar-refractivity contribution is 8.01. The molecule has 2 aromatic rings. The van der Waals surface area contributed by atoms with E-state index in [2.05, 4.69) is 15.5 Å². The van der Waals surface area contributed by atoms with Crippen molar-refractivity contribution in [1.82, 2.24) is 15.5 Å². The third-order valence-electron chi connectivity index (χ3n) is 3.36. The Bertz CT molecular complexity index is 758. The predicted octanol–water partition coefficient (Wildman–Crippen LogP) is 0.468. The molecule has 8 nitrogen and oxygen atoms in total. The summed E-state index contributed by atoms with van der Waals surface area (Å²) < 4.78 is 6.00. The molecule has 0 saturated heterocycles. The van der Waals surface area contributed by atoms with Crippen molar-refractivity contribution < 1.29 is 24.4 Å². The highest BCUT2D eigenvalue weighted by atomic mass is 32.2. The van der Waals surface area contributed by atoms with E-state index in [-0.39, 0.29) is 29.4 Å². The largest absolute Gasteiger partial charge is 0.547 e. The van der Waals surface area contributed by atoms with Crippen LogP contribution in [0.1, 0.15) is 15.9 Å². The molecule has 124 valence electrons. The van der Waals surface area contributed by atoms with E-state index in [9.17, 15) is 14.6 Å². The molecule has 0 saturated carbocycles. The molecule has 1 aliphatic heterocycles. The fourth-order valence-corrected chi connectivity index (χ4v) is 3.62. The number of rotatable bonds is 5. The van der Waals surface area contributed by atoms with Crippen molar-refractivity contribution >= 4 is 42.1 Å². The van der Waals surface area contributed by atoms with Crippen LogP contribution < -0.4 is 9.97 Å². The van der Waals surface area contributed by atoms with Crippen LogP contribution in [0.15, 0.2) is 28.0 Å². The van der Waals surface area contributed by atoms with Crippen molar-refractivity contribution in [2.24, 2.45) is 0 Å². The maximum Gasteiger partial charge on any atom is 0.547 e. The van der Waals surface area contributed by atoms with E-state index < -0.39 is 19.0 Å². The number of para-hydroxylation sites is 1. The first-order valence-electron chi connectivity index (χ1n) is 6.93. The minimum absolute atomic E-state index is 0.0110. The number of aromatic nitrogens is 2. The van der Waals surface area contributed by atoms with Gasteiger partial charge in [-0.1, -0.05) is 35.2 Å². The van der Waals surface area contributed by atoms with Gasteiger partial charge in [0.1, 0.15) is 11.3 Å². The number of nitrogens with zero attached hydrogens (tertiary/aromatic N) is 2. The van der Waals surface area contributed by atoms with Gasteiger partial charge in [-0.05, 0) is 18.1 Å². The van der Waals surface area contributed by atoms with Crippen LogP contribution in [0.25, 0.3) is 0 Å². The SMILES string of the molecule is O=C(CSc1nncs1)NC1Cc2cccc(C(=O)O)c2OB1O. The number of fused-ring (bicyclic) bond motifs is 1. The van der Waals surface area contributed by atoms with Gasteiger partial charge in [0, 0.05) is 0 Å². The van der Waals surface area contributed by atoms with Gasteiger partial charge in [-0.15, -0.1) is 10.2 Å². The Labute approximate surface area is 145 Å². The number of carboxylic acid groups (broad SMARTS) is 1. The molecule has 0 spiro atoms. The third-order valence-corrected chi connectivity index (χ3v) is 5.22. The number of thioether (sulfide) groups is 1. The first-order valence-corrected chi connectivity index (χ1v) is 8.79. The van der Waals surface area contributed by atoms with E-state index in [0.29, 0.717) is 9.90 Å². The zero-order valence-corrected chi connectivity index (χ0v) is 13.8. The molecule has 1 amide bonds. The van der Waals surface area contributed by atoms with E-state index in [1.807, 2.05) is 0 Å². The number of hydrogen-bond acceptors (Lipinski definition) is 8. The number of nitrogens with one attached hydrogen (secondary N) is 1. The predicted molar refractivity (Wildman–Crippen MR) is 88.3 cm³/mol. The highest BCUT2D eigenvalue weighted by Crippen LogP contribution is 2.30. The maximum atomic E-state index is 12.0. The summed E-state index contributed by atoms with van der Waals surface area (Å²) in [6.07, 6.45) is 0.285. The molecule has 24 heavy (non-hydrogen) atoms. The molecule has 0 fully saturated rings. The Hall–Kier alpha value is -2.11. The van der Waals surface area contributed by atoms with Gasteiger partial charge in [-0.2, -0.15) is 0 Å². The minimum Gasteiger partial charge on any atom is -0.534 e. The molecular weight excluding hydrogens is 353 g/mol. The van der Waals surface area contributed by atoms with Crippen molar-refractivity contribution in [3.8, 4) is 5.75 Å². The fourth-order valence-electron chi connectivity index (χ4n) is 2.32. The second-order valence-electron chi connectivity index (χ2n) is 4.98. The molecule has 1 aromatic heterocycles. The summed E-state index contributed by atoms with van der Waals surface area (Å²) in [5.74, 6) is -1.77. The highest BCUT2D eigenvalue weighted by Gasteiger charge is 2.37. The summed E-state index contributed by atoms with van der Waals surface area (Å²) in [6, 6.07) is 4.72. The van der Waals surface area contributed by atoms with Crippen molar-refractivity contribution in [3.05, 3.63) is 34.8 Å². The van der Waals surface area contributed by atoms with Gasteiger partial charge in [0.05, 0.1) is 17.3 Å². The lowest BCUT2D eigenvalue weighted by atomic mass is 9.72. The molecule has 11 heteroatoms. The van der Waals surface area contributed by atoms with Crippen molar-refractivity contribution in [2.45, 2.75) is 16.7 Å². The number of aromatic carboxylic acids is 1. The first kappa shape index (κ1) is 16.7. The second kappa shape index (κ2) is 7.20. The molecule has 2 heterocycles. The van der Waals surface area contributed by atoms with Crippen LogP contribution in [-0.2, 0) is 11.2 Å². The Morgan fingerprint density at radius 3 is 3.04 bits per heavy atom. The topological polar surface area (TPSA) is 122 Å². The molecule has 1 atom stereocenters.